The molecule has 0 aliphatic rings. The van der Waals surface area contributed by atoms with Gasteiger partial charge in [-0.15, -0.1) is 0 Å². The molecule has 2 aromatic rings. The van der Waals surface area contributed by atoms with Gasteiger partial charge >= 0.3 is 0 Å². The number of anilines is 1. The normalized spacial score (nSPS) is 11.1. The number of nitrogens with one attached hydrogen (secondary N) is 2. The van der Waals surface area contributed by atoms with Gasteiger partial charge in [0.05, 0.1) is 16.8 Å². The minimum Gasteiger partial charge on any atom is -0.318 e. The quantitative estimate of drug-likeness (QED) is 0.838. The number of fused-ring (bicyclic) bond motifs is 1. The van der Waals surface area contributed by atoms with Crippen LogP contribution >= 0.6 is 11.3 Å². The van der Waals surface area contributed by atoms with Gasteiger partial charge in [0.2, 0.25) is 5.91 Å². The lowest BCUT2D eigenvalue weighted by molar-refractivity contribution is -0.117. The van der Waals surface area contributed by atoms with Gasteiger partial charge in [0, 0.05) is 13.1 Å². The summed E-state index contributed by atoms with van der Waals surface area (Å²) in [6, 6.07) is 7.86. The fourth-order valence-electron chi connectivity index (χ4n) is 1.71. The number of carbonyl (C=O) groups excluding carboxylic acids is 1. The molecule has 0 saturated carbocycles. The number of amides is 1. The molecule has 0 saturated heterocycles. The van der Waals surface area contributed by atoms with E-state index in [1.807, 2.05) is 43.3 Å². The molecule has 0 aliphatic heterocycles. The summed E-state index contributed by atoms with van der Waals surface area (Å²) in [5.74, 6) is -0.0299. The molecule has 1 heterocycles. The fraction of sp³-hybridized carbons (Fsp3) is 0.385. The zero-order valence-electron chi connectivity index (χ0n) is 11.1. The van der Waals surface area contributed by atoms with Crippen LogP contribution in [-0.4, -0.2) is 49.5 Å². The molecule has 1 aromatic heterocycles. The van der Waals surface area contributed by atoms with Crippen LogP contribution in [0, 0.1) is 0 Å². The largest absolute Gasteiger partial charge is 0.318 e. The van der Waals surface area contributed by atoms with Crippen LogP contribution in [0.5, 0.6) is 0 Å². The van der Waals surface area contributed by atoms with E-state index in [4.69, 9.17) is 0 Å². The highest BCUT2D eigenvalue weighted by atomic mass is 32.1. The first-order valence-corrected chi connectivity index (χ1v) is 6.99. The number of benzene rings is 1. The van der Waals surface area contributed by atoms with Gasteiger partial charge < -0.3 is 10.6 Å². The molecule has 0 bridgehead atoms. The van der Waals surface area contributed by atoms with Gasteiger partial charge in [-0.25, -0.2) is 4.98 Å². The van der Waals surface area contributed by atoms with Crippen molar-refractivity contribution in [1.29, 1.82) is 0 Å². The fourth-order valence-corrected chi connectivity index (χ4v) is 2.59. The second-order valence-electron chi connectivity index (χ2n) is 4.38. The van der Waals surface area contributed by atoms with Gasteiger partial charge in [-0.3, -0.25) is 9.69 Å². The van der Waals surface area contributed by atoms with Gasteiger partial charge in [-0.1, -0.05) is 23.5 Å². The standard InChI is InChI=1S/C13H18N4OS/c1-14-7-8-17(2)9-12(18)16-13-15-10-5-3-4-6-11(10)19-13/h3-6,14H,7-9H2,1-2H3,(H,15,16,18). The second kappa shape index (κ2) is 6.60. The topological polar surface area (TPSA) is 57.3 Å². The number of hydrogen-bond acceptors (Lipinski definition) is 5. The summed E-state index contributed by atoms with van der Waals surface area (Å²) in [7, 11) is 3.82. The van der Waals surface area contributed by atoms with Crippen molar-refractivity contribution in [1.82, 2.24) is 15.2 Å². The van der Waals surface area contributed by atoms with E-state index in [1.54, 1.807) is 0 Å². The van der Waals surface area contributed by atoms with Crippen molar-refractivity contribution in [3.63, 3.8) is 0 Å². The third-order valence-electron chi connectivity index (χ3n) is 2.70. The summed E-state index contributed by atoms with van der Waals surface area (Å²) in [6.07, 6.45) is 0. The van der Waals surface area contributed by atoms with Crippen LogP contribution in [0.25, 0.3) is 10.2 Å². The Morgan fingerprint density at radius 1 is 1.42 bits per heavy atom. The van der Waals surface area contributed by atoms with Gasteiger partial charge in [0.15, 0.2) is 5.13 Å². The lowest BCUT2D eigenvalue weighted by atomic mass is 10.3. The summed E-state index contributed by atoms with van der Waals surface area (Å²) >= 11 is 1.50. The van der Waals surface area contributed by atoms with Crippen molar-refractivity contribution in [2.45, 2.75) is 0 Å². The molecule has 0 atom stereocenters. The number of carbonyl (C=O) groups is 1. The molecule has 19 heavy (non-hydrogen) atoms. The molecule has 0 radical (unpaired) electrons. The molecule has 0 fully saturated rings. The van der Waals surface area contributed by atoms with Crippen LogP contribution in [0.3, 0.4) is 0 Å². The lowest BCUT2D eigenvalue weighted by Crippen LogP contribution is -2.34. The first kappa shape index (κ1) is 13.9. The van der Waals surface area contributed by atoms with Crippen molar-refractivity contribution < 1.29 is 4.79 Å². The Morgan fingerprint density at radius 3 is 2.95 bits per heavy atom. The lowest BCUT2D eigenvalue weighted by Gasteiger charge is -2.14. The average Bonchev–Trinajstić information content (AvgIpc) is 2.78. The van der Waals surface area contributed by atoms with E-state index in [0.717, 1.165) is 23.3 Å². The molecule has 0 aliphatic carbocycles. The minimum atomic E-state index is -0.0299. The SMILES string of the molecule is CNCCN(C)CC(=O)Nc1nc2ccccc2s1. The Hall–Kier alpha value is -1.50. The van der Waals surface area contributed by atoms with E-state index in [-0.39, 0.29) is 5.91 Å². The zero-order valence-corrected chi connectivity index (χ0v) is 12.0. The number of hydrogen-bond donors (Lipinski definition) is 2. The zero-order chi connectivity index (χ0) is 13.7. The Morgan fingerprint density at radius 2 is 2.21 bits per heavy atom. The van der Waals surface area contributed by atoms with Crippen molar-refractivity contribution >= 4 is 32.6 Å². The highest BCUT2D eigenvalue weighted by Gasteiger charge is 2.09. The molecule has 2 rings (SSSR count). The number of rotatable bonds is 6. The summed E-state index contributed by atoms with van der Waals surface area (Å²) < 4.78 is 1.08. The molecule has 0 unspecified atom stereocenters. The third kappa shape index (κ3) is 3.99. The number of para-hydroxylation sites is 1. The van der Waals surface area contributed by atoms with Gasteiger partial charge in [0.1, 0.15) is 0 Å². The molecule has 2 N–H and O–H groups in total. The van der Waals surface area contributed by atoms with Crippen LogP contribution in [0.1, 0.15) is 0 Å². The van der Waals surface area contributed by atoms with E-state index in [0.29, 0.717) is 11.7 Å². The van der Waals surface area contributed by atoms with Gasteiger partial charge in [-0.2, -0.15) is 0 Å². The van der Waals surface area contributed by atoms with Crippen molar-refractivity contribution in [2.75, 3.05) is 39.0 Å². The molecular weight excluding hydrogens is 260 g/mol. The average molecular weight is 278 g/mol. The smallest absolute Gasteiger partial charge is 0.240 e. The van der Waals surface area contributed by atoms with Gasteiger partial charge in [0.25, 0.3) is 0 Å². The van der Waals surface area contributed by atoms with Crippen molar-refractivity contribution in [3.05, 3.63) is 24.3 Å². The van der Waals surface area contributed by atoms with Crippen LogP contribution in [0.15, 0.2) is 24.3 Å². The number of thiazole rings is 1. The van der Waals surface area contributed by atoms with Crippen LogP contribution in [0.4, 0.5) is 5.13 Å². The highest BCUT2D eigenvalue weighted by molar-refractivity contribution is 7.22. The van der Waals surface area contributed by atoms with E-state index >= 15 is 0 Å². The molecular formula is C13H18N4OS. The Kier molecular flexibility index (Phi) is 4.84. The van der Waals surface area contributed by atoms with E-state index < -0.39 is 0 Å². The van der Waals surface area contributed by atoms with Gasteiger partial charge in [-0.05, 0) is 26.2 Å². The molecule has 6 heteroatoms. The summed E-state index contributed by atoms with van der Waals surface area (Å²) in [5.41, 5.74) is 0.923. The predicted octanol–water partition coefficient (Wildman–Crippen LogP) is 1.39. The predicted molar refractivity (Wildman–Crippen MR) is 79.7 cm³/mol. The maximum atomic E-state index is 11.9. The second-order valence-corrected chi connectivity index (χ2v) is 5.41. The van der Waals surface area contributed by atoms with E-state index in [2.05, 4.69) is 15.6 Å². The molecule has 102 valence electrons. The first-order chi connectivity index (χ1) is 9.19. The third-order valence-corrected chi connectivity index (χ3v) is 3.65. The maximum Gasteiger partial charge on any atom is 0.240 e. The Bertz CT molecular complexity index is 521. The summed E-state index contributed by atoms with van der Waals surface area (Å²) in [5, 5.41) is 6.56. The molecule has 5 nitrogen and oxygen atoms in total. The van der Waals surface area contributed by atoms with Crippen LogP contribution in [0.2, 0.25) is 0 Å². The Balaban J connectivity index is 1.91. The maximum absolute atomic E-state index is 11.9. The van der Waals surface area contributed by atoms with Crippen LogP contribution < -0.4 is 10.6 Å². The minimum absolute atomic E-state index is 0.0299. The van der Waals surface area contributed by atoms with Crippen molar-refractivity contribution in [3.8, 4) is 0 Å². The highest BCUT2D eigenvalue weighted by Crippen LogP contribution is 2.25. The van der Waals surface area contributed by atoms with E-state index in [9.17, 15) is 4.79 Å². The van der Waals surface area contributed by atoms with Crippen LogP contribution in [-0.2, 0) is 4.79 Å². The molecule has 0 spiro atoms. The number of aromatic nitrogens is 1. The molecule has 1 aromatic carbocycles. The number of likely N-dealkylation sites (N-methyl/N-ethyl adjacent to an activating group) is 2. The van der Waals surface area contributed by atoms with Crippen molar-refractivity contribution in [2.24, 2.45) is 0 Å². The summed E-state index contributed by atoms with van der Waals surface area (Å²) in [4.78, 5) is 18.2. The first-order valence-electron chi connectivity index (χ1n) is 6.17. The number of nitrogens with zero attached hydrogens (tertiary/aromatic N) is 2. The summed E-state index contributed by atoms with van der Waals surface area (Å²) in [6.45, 7) is 2.08. The van der Waals surface area contributed by atoms with E-state index in [1.165, 1.54) is 11.3 Å². The monoisotopic (exact) mass is 278 g/mol. The Labute approximate surface area is 116 Å². The molecule has 1 amide bonds.